The minimum absolute atomic E-state index is 0.0971. The van der Waals surface area contributed by atoms with Crippen LogP contribution in [-0.2, 0) is 4.74 Å². The van der Waals surface area contributed by atoms with Crippen LogP contribution in [0.1, 0.15) is 12.8 Å². The van der Waals surface area contributed by atoms with Crippen molar-refractivity contribution in [3.05, 3.63) is 28.8 Å². The van der Waals surface area contributed by atoms with Gasteiger partial charge in [0.2, 0.25) is 0 Å². The zero-order chi connectivity index (χ0) is 12.4. The Balaban J connectivity index is 1.81. The van der Waals surface area contributed by atoms with Crippen molar-refractivity contribution in [1.82, 2.24) is 15.0 Å². The topological polar surface area (TPSA) is 77.1 Å². The summed E-state index contributed by atoms with van der Waals surface area (Å²) in [4.78, 5) is 22.5. The largest absolute Gasteiger partial charge is 0.462 e. The van der Waals surface area contributed by atoms with Gasteiger partial charge in [-0.3, -0.25) is 14.8 Å². The van der Waals surface area contributed by atoms with Crippen molar-refractivity contribution in [1.29, 1.82) is 0 Å². The lowest BCUT2D eigenvalue weighted by molar-refractivity contribution is 0.0646. The summed E-state index contributed by atoms with van der Waals surface area (Å²) < 4.78 is 10.9. The Morgan fingerprint density at radius 3 is 3.33 bits per heavy atom. The Morgan fingerprint density at radius 1 is 1.56 bits per heavy atom. The maximum Gasteiger partial charge on any atom is 0.297 e. The lowest BCUT2D eigenvalue weighted by atomic mass is 10.2. The van der Waals surface area contributed by atoms with Crippen LogP contribution in [0.5, 0.6) is 6.01 Å². The predicted octanol–water partition coefficient (Wildman–Crippen LogP) is 0.876. The van der Waals surface area contributed by atoms with Crippen LogP contribution in [0.4, 0.5) is 0 Å². The van der Waals surface area contributed by atoms with Crippen molar-refractivity contribution >= 4 is 10.9 Å². The summed E-state index contributed by atoms with van der Waals surface area (Å²) in [6.07, 6.45) is 5.24. The third kappa shape index (κ3) is 2.19. The molecule has 0 amide bonds. The van der Waals surface area contributed by atoms with E-state index in [0.29, 0.717) is 17.5 Å². The minimum Gasteiger partial charge on any atom is -0.462 e. The van der Waals surface area contributed by atoms with Gasteiger partial charge in [-0.1, -0.05) is 0 Å². The number of pyridine rings is 1. The molecule has 6 heteroatoms. The van der Waals surface area contributed by atoms with Gasteiger partial charge in [0, 0.05) is 12.8 Å². The lowest BCUT2D eigenvalue weighted by Crippen LogP contribution is -2.19. The van der Waals surface area contributed by atoms with Gasteiger partial charge >= 0.3 is 0 Å². The van der Waals surface area contributed by atoms with Crippen molar-refractivity contribution in [3.8, 4) is 6.01 Å². The number of aromatic amines is 1. The van der Waals surface area contributed by atoms with E-state index >= 15 is 0 Å². The molecule has 18 heavy (non-hydrogen) atoms. The third-order valence-electron chi connectivity index (χ3n) is 2.92. The molecule has 2 aromatic rings. The van der Waals surface area contributed by atoms with E-state index < -0.39 is 0 Å². The highest BCUT2D eigenvalue weighted by Gasteiger charge is 2.16. The summed E-state index contributed by atoms with van der Waals surface area (Å²) in [6.45, 7) is 1.19. The van der Waals surface area contributed by atoms with Crippen LogP contribution in [0.3, 0.4) is 0 Å². The standard InChI is InChI=1S/C12H13N3O3/c16-11-9-3-4-13-6-10(9)14-12(15-11)18-7-8-2-1-5-17-8/h3-4,6,8H,1-2,5,7H2,(H,14,15,16). The molecule has 3 heterocycles. The number of H-pyrrole nitrogens is 1. The molecule has 0 aromatic carbocycles. The van der Waals surface area contributed by atoms with E-state index in [2.05, 4.69) is 15.0 Å². The van der Waals surface area contributed by atoms with Gasteiger partial charge in [-0.25, -0.2) is 0 Å². The Labute approximate surface area is 103 Å². The Kier molecular flexibility index (Phi) is 2.93. The number of rotatable bonds is 3. The highest BCUT2D eigenvalue weighted by atomic mass is 16.5. The molecule has 1 atom stereocenters. The summed E-state index contributed by atoms with van der Waals surface area (Å²) >= 11 is 0. The predicted molar refractivity (Wildman–Crippen MR) is 64.6 cm³/mol. The number of fused-ring (bicyclic) bond motifs is 1. The normalized spacial score (nSPS) is 19.2. The number of aromatic nitrogens is 3. The van der Waals surface area contributed by atoms with E-state index in [4.69, 9.17) is 9.47 Å². The molecule has 1 fully saturated rings. The van der Waals surface area contributed by atoms with Crippen LogP contribution in [0, 0.1) is 0 Å². The van der Waals surface area contributed by atoms with Crippen LogP contribution in [0.15, 0.2) is 23.3 Å². The van der Waals surface area contributed by atoms with E-state index in [0.717, 1.165) is 19.4 Å². The highest BCUT2D eigenvalue weighted by Crippen LogP contribution is 2.13. The van der Waals surface area contributed by atoms with Crippen molar-refractivity contribution < 1.29 is 9.47 Å². The summed E-state index contributed by atoms with van der Waals surface area (Å²) in [5.41, 5.74) is 0.313. The van der Waals surface area contributed by atoms with Gasteiger partial charge in [-0.05, 0) is 18.9 Å². The molecule has 0 aliphatic carbocycles. The molecule has 0 bridgehead atoms. The van der Waals surface area contributed by atoms with E-state index in [1.807, 2.05) is 0 Å². The maximum atomic E-state index is 11.8. The maximum absolute atomic E-state index is 11.8. The quantitative estimate of drug-likeness (QED) is 0.871. The summed E-state index contributed by atoms with van der Waals surface area (Å²) in [5, 5.41) is 0.509. The van der Waals surface area contributed by atoms with Gasteiger partial charge in [-0.2, -0.15) is 4.98 Å². The molecular formula is C12H13N3O3. The first-order valence-corrected chi connectivity index (χ1v) is 5.91. The molecular weight excluding hydrogens is 234 g/mol. The van der Waals surface area contributed by atoms with Crippen LogP contribution < -0.4 is 10.3 Å². The van der Waals surface area contributed by atoms with Gasteiger partial charge in [-0.15, -0.1) is 0 Å². The fourth-order valence-electron chi connectivity index (χ4n) is 1.99. The minimum atomic E-state index is -0.218. The molecule has 0 saturated carbocycles. The number of hydrogen-bond donors (Lipinski definition) is 1. The van der Waals surface area contributed by atoms with Gasteiger partial charge in [0.25, 0.3) is 11.6 Å². The van der Waals surface area contributed by atoms with Crippen LogP contribution in [0.2, 0.25) is 0 Å². The Bertz CT molecular complexity index is 605. The van der Waals surface area contributed by atoms with E-state index in [1.165, 1.54) is 0 Å². The second-order valence-electron chi connectivity index (χ2n) is 4.21. The number of nitrogens with zero attached hydrogens (tertiary/aromatic N) is 2. The molecule has 1 aliphatic rings. The van der Waals surface area contributed by atoms with Crippen LogP contribution in [-0.4, -0.2) is 34.3 Å². The summed E-state index contributed by atoms with van der Waals surface area (Å²) in [7, 11) is 0. The SMILES string of the molecule is O=c1[nH]c(OCC2CCCO2)nc2cnccc12. The second-order valence-corrected chi connectivity index (χ2v) is 4.21. The van der Waals surface area contributed by atoms with E-state index in [-0.39, 0.29) is 17.7 Å². The molecule has 94 valence electrons. The highest BCUT2D eigenvalue weighted by molar-refractivity contribution is 5.76. The van der Waals surface area contributed by atoms with Gasteiger partial charge in [0.1, 0.15) is 6.61 Å². The molecule has 0 radical (unpaired) electrons. The monoisotopic (exact) mass is 247 g/mol. The first-order chi connectivity index (χ1) is 8.83. The van der Waals surface area contributed by atoms with Crippen LogP contribution in [0.25, 0.3) is 10.9 Å². The van der Waals surface area contributed by atoms with Gasteiger partial charge in [0.05, 0.1) is 23.2 Å². The molecule has 6 nitrogen and oxygen atoms in total. The number of nitrogens with one attached hydrogen (secondary N) is 1. The summed E-state index contributed by atoms with van der Waals surface area (Å²) in [6, 6.07) is 1.85. The number of ether oxygens (including phenoxy) is 2. The number of hydrogen-bond acceptors (Lipinski definition) is 5. The van der Waals surface area contributed by atoms with E-state index in [9.17, 15) is 4.79 Å². The summed E-state index contributed by atoms with van der Waals surface area (Å²) in [5.74, 6) is 0. The molecule has 1 aliphatic heterocycles. The van der Waals surface area contributed by atoms with Crippen molar-refractivity contribution in [3.63, 3.8) is 0 Å². The average molecular weight is 247 g/mol. The first kappa shape index (κ1) is 11.2. The Hall–Kier alpha value is -1.95. The smallest absolute Gasteiger partial charge is 0.297 e. The van der Waals surface area contributed by atoms with Gasteiger partial charge in [0.15, 0.2) is 0 Å². The molecule has 2 aromatic heterocycles. The lowest BCUT2D eigenvalue weighted by Gasteiger charge is -2.10. The molecule has 1 N–H and O–H groups in total. The molecule has 1 saturated heterocycles. The van der Waals surface area contributed by atoms with Gasteiger partial charge < -0.3 is 9.47 Å². The fourth-order valence-corrected chi connectivity index (χ4v) is 1.99. The van der Waals surface area contributed by atoms with Crippen LogP contribution >= 0.6 is 0 Å². The fraction of sp³-hybridized carbons (Fsp3) is 0.417. The zero-order valence-corrected chi connectivity index (χ0v) is 9.76. The van der Waals surface area contributed by atoms with Crippen molar-refractivity contribution in [2.24, 2.45) is 0 Å². The molecule has 0 spiro atoms. The average Bonchev–Trinajstić information content (AvgIpc) is 2.90. The van der Waals surface area contributed by atoms with E-state index in [1.54, 1.807) is 18.5 Å². The Morgan fingerprint density at radius 2 is 2.50 bits per heavy atom. The zero-order valence-electron chi connectivity index (χ0n) is 9.76. The third-order valence-corrected chi connectivity index (χ3v) is 2.92. The molecule has 3 rings (SSSR count). The second kappa shape index (κ2) is 4.73. The first-order valence-electron chi connectivity index (χ1n) is 5.91. The van der Waals surface area contributed by atoms with Crippen molar-refractivity contribution in [2.75, 3.05) is 13.2 Å². The van der Waals surface area contributed by atoms with Crippen molar-refractivity contribution in [2.45, 2.75) is 18.9 Å². The molecule has 1 unspecified atom stereocenters.